The second-order valence-electron chi connectivity index (χ2n) is 16.5. The maximum atomic E-state index is 13.8. The standard InChI is InChI=1S/C44H71NO15/c1-13-19-54-39-28(7)57-44(40(58-29(8)47)36(39)45(9)10)60-38-26(5)33(49)22-35(50)59-34(14-2)31(20-24(3)15-16-32(48)25(4)21-30(38)17-18-46)23-55-43-42(53-12)41(52-11)37(51)27(6)56-43/h13,15-16,18,20,25-28,30-31,33-34,36-44,49,51H,1,14,17,19,21-23H2,2-12H3/b16-15+,24-20+/t25-,26+,27-,28-,30+,31-,33-,34-,36+,37-,38-,39-,40-,41-,42-,43-,44+/m1/s1. The Balaban J connectivity index is 2.02. The van der Waals surface area contributed by atoms with Crippen molar-refractivity contribution in [3.8, 4) is 0 Å². The van der Waals surface area contributed by atoms with E-state index in [4.69, 9.17) is 42.6 Å². The van der Waals surface area contributed by atoms with Crippen LogP contribution in [0, 0.1) is 23.7 Å². The summed E-state index contributed by atoms with van der Waals surface area (Å²) in [4.78, 5) is 54.1. The summed E-state index contributed by atoms with van der Waals surface area (Å²) in [7, 11) is 6.58. The first-order valence-electron chi connectivity index (χ1n) is 21.0. The van der Waals surface area contributed by atoms with Gasteiger partial charge < -0.3 is 62.5 Å². The van der Waals surface area contributed by atoms with Crippen LogP contribution in [0.3, 0.4) is 0 Å². The van der Waals surface area contributed by atoms with Gasteiger partial charge in [-0.05, 0) is 59.7 Å². The number of esters is 2. The molecular weight excluding hydrogens is 782 g/mol. The number of hydrogen-bond donors (Lipinski definition) is 2. The normalized spacial score (nSPS) is 40.2. The molecule has 3 aliphatic heterocycles. The smallest absolute Gasteiger partial charge is 0.308 e. The molecule has 0 amide bonds. The minimum atomic E-state index is -1.33. The second kappa shape index (κ2) is 24.7. The second-order valence-corrected chi connectivity index (χ2v) is 16.5. The first kappa shape index (κ1) is 51.5. The van der Waals surface area contributed by atoms with Crippen LogP contribution >= 0.6 is 0 Å². The highest BCUT2D eigenvalue weighted by atomic mass is 16.7. The molecule has 17 atom stereocenters. The van der Waals surface area contributed by atoms with Crippen LogP contribution in [0.4, 0.5) is 0 Å². The first-order chi connectivity index (χ1) is 28.4. The number of hydrogen-bond acceptors (Lipinski definition) is 16. The zero-order chi connectivity index (χ0) is 44.8. The SMILES string of the molecule is C=CCO[C@H]1[C@H](N(C)C)[C@@H](OC(C)=O)[C@H](O[C@H]2[C@@H](CC=O)C[C@@H](C)C(=O)/C=C/C(C)=C/[C@H](CO[C@@H]3O[C@H](C)[C@@H](O)[C@@H](OC)[C@H]3OC)[C@@H](CC)OC(=O)C[C@@H](O)[C@@H]2C)O[C@@H]1C. The van der Waals surface area contributed by atoms with Gasteiger partial charge in [-0.25, -0.2) is 0 Å². The van der Waals surface area contributed by atoms with Crippen LogP contribution in [0.5, 0.6) is 0 Å². The molecule has 16 heteroatoms. The van der Waals surface area contributed by atoms with Gasteiger partial charge in [-0.2, -0.15) is 0 Å². The molecule has 342 valence electrons. The largest absolute Gasteiger partial charge is 0.462 e. The molecule has 2 N–H and O–H groups in total. The average Bonchev–Trinajstić information content (AvgIpc) is 3.19. The van der Waals surface area contributed by atoms with Crippen LogP contribution in [0.25, 0.3) is 0 Å². The number of aliphatic hydroxyl groups is 2. The average molecular weight is 854 g/mol. The van der Waals surface area contributed by atoms with E-state index in [1.54, 1.807) is 32.9 Å². The maximum Gasteiger partial charge on any atom is 0.308 e. The minimum Gasteiger partial charge on any atom is -0.462 e. The maximum absolute atomic E-state index is 13.8. The molecule has 0 unspecified atom stereocenters. The molecule has 60 heavy (non-hydrogen) atoms. The third-order valence-corrected chi connectivity index (χ3v) is 11.8. The van der Waals surface area contributed by atoms with Gasteiger partial charge in [-0.1, -0.05) is 44.6 Å². The third-order valence-electron chi connectivity index (χ3n) is 11.8. The van der Waals surface area contributed by atoms with Crippen molar-refractivity contribution in [2.24, 2.45) is 23.7 Å². The minimum absolute atomic E-state index is 0.00405. The van der Waals surface area contributed by atoms with Gasteiger partial charge >= 0.3 is 11.9 Å². The summed E-state index contributed by atoms with van der Waals surface area (Å²) < 4.78 is 54.5. The van der Waals surface area contributed by atoms with Crippen LogP contribution in [0.1, 0.15) is 74.1 Å². The van der Waals surface area contributed by atoms with Gasteiger partial charge in [-0.15, -0.1) is 6.58 Å². The highest BCUT2D eigenvalue weighted by Crippen LogP contribution is 2.36. The molecule has 0 bridgehead atoms. The highest BCUT2D eigenvalue weighted by molar-refractivity contribution is 5.91. The Kier molecular flexibility index (Phi) is 21.1. The van der Waals surface area contributed by atoms with Gasteiger partial charge in [0.15, 0.2) is 24.5 Å². The summed E-state index contributed by atoms with van der Waals surface area (Å²) in [5.74, 6) is -4.03. The van der Waals surface area contributed by atoms with Crippen LogP contribution in [-0.4, -0.2) is 160 Å². The number of aldehydes is 1. The van der Waals surface area contributed by atoms with Crippen molar-refractivity contribution >= 4 is 24.0 Å². The van der Waals surface area contributed by atoms with Crippen molar-refractivity contribution < 1.29 is 72.0 Å². The fourth-order valence-corrected chi connectivity index (χ4v) is 8.44. The van der Waals surface area contributed by atoms with E-state index in [1.165, 1.54) is 27.2 Å². The number of aliphatic hydroxyl groups excluding tert-OH is 2. The molecule has 0 aliphatic carbocycles. The summed E-state index contributed by atoms with van der Waals surface area (Å²) in [6, 6.07) is -0.542. The van der Waals surface area contributed by atoms with Crippen molar-refractivity contribution in [2.45, 2.75) is 154 Å². The van der Waals surface area contributed by atoms with Crippen LogP contribution in [-0.2, 0) is 61.8 Å². The van der Waals surface area contributed by atoms with E-state index in [-0.39, 0.29) is 31.8 Å². The number of rotatable bonds is 15. The van der Waals surface area contributed by atoms with E-state index >= 15 is 0 Å². The van der Waals surface area contributed by atoms with Gasteiger partial charge in [0.1, 0.15) is 36.8 Å². The lowest BCUT2D eigenvalue weighted by Gasteiger charge is -2.49. The summed E-state index contributed by atoms with van der Waals surface area (Å²) >= 11 is 0. The van der Waals surface area contributed by atoms with E-state index in [2.05, 4.69) is 6.58 Å². The number of nitrogens with zero attached hydrogens (tertiary/aromatic N) is 1. The molecule has 2 fully saturated rings. The lowest BCUT2D eigenvalue weighted by molar-refractivity contribution is -0.310. The van der Waals surface area contributed by atoms with Crippen molar-refractivity contribution in [1.29, 1.82) is 0 Å². The molecule has 3 heterocycles. The number of likely N-dealkylation sites (N-methyl/N-ethyl adjacent to an activating group) is 1. The van der Waals surface area contributed by atoms with Crippen molar-refractivity contribution in [3.63, 3.8) is 0 Å². The van der Waals surface area contributed by atoms with Gasteiger partial charge in [-0.3, -0.25) is 14.4 Å². The number of allylic oxidation sites excluding steroid dienone is 3. The molecule has 0 radical (unpaired) electrons. The Labute approximate surface area is 355 Å². The number of carbonyl (C=O) groups is 4. The van der Waals surface area contributed by atoms with E-state index in [0.717, 1.165) is 6.29 Å². The Hall–Kier alpha value is -2.90. The van der Waals surface area contributed by atoms with Gasteiger partial charge in [0.2, 0.25) is 0 Å². The monoisotopic (exact) mass is 853 g/mol. The Morgan fingerprint density at radius 1 is 0.950 bits per heavy atom. The number of methoxy groups -OCH3 is 2. The highest BCUT2D eigenvalue weighted by Gasteiger charge is 2.51. The zero-order valence-electron chi connectivity index (χ0n) is 37.3. The lowest BCUT2D eigenvalue weighted by Crippen LogP contribution is -2.65. The van der Waals surface area contributed by atoms with Crippen LogP contribution < -0.4 is 0 Å². The molecule has 3 aliphatic rings. The lowest BCUT2D eigenvalue weighted by atomic mass is 9.79. The van der Waals surface area contributed by atoms with E-state index in [1.807, 2.05) is 45.8 Å². The molecule has 0 spiro atoms. The predicted octanol–water partition coefficient (Wildman–Crippen LogP) is 3.34. The Morgan fingerprint density at radius 3 is 2.20 bits per heavy atom. The molecular formula is C44H71NO15. The fourth-order valence-electron chi connectivity index (χ4n) is 8.44. The van der Waals surface area contributed by atoms with Crippen LogP contribution in [0.2, 0.25) is 0 Å². The van der Waals surface area contributed by atoms with Crippen molar-refractivity contribution in [2.75, 3.05) is 41.5 Å². The van der Waals surface area contributed by atoms with Gasteiger partial charge in [0, 0.05) is 45.3 Å². The molecule has 16 nitrogen and oxygen atoms in total. The van der Waals surface area contributed by atoms with Crippen molar-refractivity contribution in [1.82, 2.24) is 4.90 Å². The van der Waals surface area contributed by atoms with Crippen molar-refractivity contribution in [3.05, 3.63) is 36.5 Å². The van der Waals surface area contributed by atoms with Gasteiger partial charge in [0.05, 0.1) is 50.1 Å². The molecule has 2 saturated heterocycles. The summed E-state index contributed by atoms with van der Waals surface area (Å²) in [6.45, 7) is 15.9. The van der Waals surface area contributed by atoms with Gasteiger partial charge in [0.25, 0.3) is 0 Å². The molecule has 0 aromatic carbocycles. The summed E-state index contributed by atoms with van der Waals surface area (Å²) in [5.41, 5.74) is 0.697. The number of carbonyl (C=O) groups excluding carboxylic acids is 4. The molecule has 0 saturated carbocycles. The summed E-state index contributed by atoms with van der Waals surface area (Å²) in [6.07, 6.45) is -2.88. The Bertz CT molecular complexity index is 1450. The van der Waals surface area contributed by atoms with E-state index < -0.39 is 122 Å². The van der Waals surface area contributed by atoms with E-state index in [0.29, 0.717) is 12.0 Å². The quantitative estimate of drug-likeness (QED) is 0.138. The Morgan fingerprint density at radius 2 is 1.62 bits per heavy atom. The molecule has 3 rings (SSSR count). The summed E-state index contributed by atoms with van der Waals surface area (Å²) in [5, 5.41) is 22.4. The number of ether oxygens (including phenoxy) is 9. The zero-order valence-corrected chi connectivity index (χ0v) is 37.3. The predicted molar refractivity (Wildman–Crippen MR) is 219 cm³/mol. The third kappa shape index (κ3) is 13.8. The van der Waals surface area contributed by atoms with Crippen LogP contribution in [0.15, 0.2) is 36.5 Å². The first-order valence-corrected chi connectivity index (χ1v) is 21.0. The molecule has 0 aromatic heterocycles. The topological polar surface area (TPSA) is 195 Å². The molecule has 0 aromatic rings. The fraction of sp³-hybridized carbons (Fsp3) is 0.773. The number of ketones is 1. The van der Waals surface area contributed by atoms with E-state index in [9.17, 15) is 29.4 Å². The number of cyclic esters (lactones) is 1.